The van der Waals surface area contributed by atoms with E-state index >= 15 is 0 Å². The smallest absolute Gasteiger partial charge is 0.0172 e. The molecular weight excluding hydrogens is 254 g/mol. The summed E-state index contributed by atoms with van der Waals surface area (Å²) in [7, 11) is 0. The van der Waals surface area contributed by atoms with Gasteiger partial charge in [-0.1, -0.05) is 56.6 Å². The van der Waals surface area contributed by atoms with E-state index in [1.807, 2.05) is 0 Å². The first-order chi connectivity index (χ1) is 10.0. The number of allylic oxidation sites excluding steroid dienone is 1. The Hall–Kier alpha value is -0.300. The van der Waals surface area contributed by atoms with Crippen LogP contribution in [-0.4, -0.2) is 12.1 Å². The topological polar surface area (TPSA) is 12.0 Å². The molecule has 0 bridgehead atoms. The molecule has 2 aliphatic carbocycles. The minimum atomic E-state index is 0.233. The molecule has 1 nitrogen and oxygen atoms in total. The van der Waals surface area contributed by atoms with E-state index in [1.54, 1.807) is 5.57 Å². The van der Waals surface area contributed by atoms with Crippen LogP contribution >= 0.6 is 0 Å². The minimum absolute atomic E-state index is 0.233. The second kappa shape index (κ2) is 8.36. The van der Waals surface area contributed by atoms with Crippen LogP contribution in [0.25, 0.3) is 0 Å². The van der Waals surface area contributed by atoms with Crippen molar-refractivity contribution in [1.29, 1.82) is 0 Å². The van der Waals surface area contributed by atoms with Crippen molar-refractivity contribution in [2.24, 2.45) is 11.8 Å². The van der Waals surface area contributed by atoms with Crippen LogP contribution in [0.4, 0.5) is 0 Å². The van der Waals surface area contributed by atoms with Gasteiger partial charge in [-0.05, 0) is 58.3 Å². The molecule has 0 heterocycles. The number of hydrogen-bond acceptors (Lipinski definition) is 1. The van der Waals surface area contributed by atoms with Crippen LogP contribution < -0.4 is 5.32 Å². The van der Waals surface area contributed by atoms with Gasteiger partial charge in [-0.15, -0.1) is 0 Å². The average Bonchev–Trinajstić information content (AvgIpc) is 2.72. The Labute approximate surface area is 133 Å². The van der Waals surface area contributed by atoms with Crippen LogP contribution in [0.15, 0.2) is 11.6 Å². The second-order valence-corrected chi connectivity index (χ2v) is 8.43. The summed E-state index contributed by atoms with van der Waals surface area (Å²) in [4.78, 5) is 0. The molecular formula is C20H37N. The first-order valence-electron chi connectivity index (χ1n) is 9.50. The van der Waals surface area contributed by atoms with Gasteiger partial charge in [0.15, 0.2) is 0 Å². The van der Waals surface area contributed by atoms with Crippen molar-refractivity contribution in [2.45, 2.75) is 96.9 Å². The third-order valence-corrected chi connectivity index (χ3v) is 5.30. The first kappa shape index (κ1) is 17.1. The molecule has 2 fully saturated rings. The monoisotopic (exact) mass is 291 g/mol. The Morgan fingerprint density at radius 1 is 0.857 bits per heavy atom. The number of nitrogens with one attached hydrogen (secondary N) is 1. The fourth-order valence-corrected chi connectivity index (χ4v) is 3.96. The van der Waals surface area contributed by atoms with Gasteiger partial charge in [-0.25, -0.2) is 0 Å². The third kappa shape index (κ3) is 6.55. The molecule has 2 saturated carbocycles. The molecule has 122 valence electrons. The van der Waals surface area contributed by atoms with Gasteiger partial charge < -0.3 is 5.32 Å². The predicted molar refractivity (Wildman–Crippen MR) is 93.6 cm³/mol. The lowest BCUT2D eigenvalue weighted by molar-refractivity contribution is 0.372. The van der Waals surface area contributed by atoms with E-state index in [-0.39, 0.29) is 5.54 Å². The predicted octanol–water partition coefficient (Wildman–Crippen LogP) is 5.85. The summed E-state index contributed by atoms with van der Waals surface area (Å²) in [5, 5.41) is 3.76. The molecule has 0 aromatic heterocycles. The molecule has 0 spiro atoms. The fraction of sp³-hybridized carbons (Fsp3) is 0.900. The quantitative estimate of drug-likeness (QED) is 0.506. The zero-order valence-electron chi connectivity index (χ0n) is 14.7. The summed E-state index contributed by atoms with van der Waals surface area (Å²) >= 11 is 0. The van der Waals surface area contributed by atoms with Gasteiger partial charge >= 0.3 is 0 Å². The zero-order chi connectivity index (χ0) is 15.1. The highest BCUT2D eigenvalue weighted by atomic mass is 14.9. The van der Waals surface area contributed by atoms with Crippen LogP contribution in [0.5, 0.6) is 0 Å². The highest BCUT2D eigenvalue weighted by Gasteiger charge is 2.21. The normalized spacial score (nSPS) is 24.0. The Bertz CT molecular complexity index is 309. The van der Waals surface area contributed by atoms with Crippen molar-refractivity contribution >= 4 is 0 Å². The van der Waals surface area contributed by atoms with Crippen molar-refractivity contribution in [3.63, 3.8) is 0 Å². The molecule has 0 saturated heterocycles. The maximum absolute atomic E-state index is 3.76. The molecule has 2 rings (SSSR count). The van der Waals surface area contributed by atoms with Crippen LogP contribution in [0.2, 0.25) is 0 Å². The van der Waals surface area contributed by atoms with Crippen molar-refractivity contribution in [2.75, 3.05) is 6.54 Å². The van der Waals surface area contributed by atoms with E-state index in [2.05, 4.69) is 32.2 Å². The maximum atomic E-state index is 3.76. The molecule has 21 heavy (non-hydrogen) atoms. The van der Waals surface area contributed by atoms with Crippen molar-refractivity contribution in [3.05, 3.63) is 11.6 Å². The highest BCUT2D eigenvalue weighted by Crippen LogP contribution is 2.32. The van der Waals surface area contributed by atoms with Crippen LogP contribution in [0.1, 0.15) is 91.4 Å². The highest BCUT2D eigenvalue weighted by molar-refractivity contribution is 5.12. The molecule has 0 aromatic rings. The van der Waals surface area contributed by atoms with Gasteiger partial charge in [0.1, 0.15) is 0 Å². The lowest BCUT2D eigenvalue weighted by Crippen LogP contribution is -2.38. The third-order valence-electron chi connectivity index (χ3n) is 5.30. The molecule has 0 aromatic carbocycles. The second-order valence-electron chi connectivity index (χ2n) is 8.43. The van der Waals surface area contributed by atoms with Gasteiger partial charge in [0, 0.05) is 12.1 Å². The van der Waals surface area contributed by atoms with Crippen molar-refractivity contribution in [1.82, 2.24) is 5.32 Å². The summed E-state index contributed by atoms with van der Waals surface area (Å²) in [6, 6.07) is 0. The number of rotatable bonds is 4. The fourth-order valence-electron chi connectivity index (χ4n) is 3.96. The Kier molecular flexibility index (Phi) is 6.79. The Morgan fingerprint density at radius 3 is 1.95 bits per heavy atom. The van der Waals surface area contributed by atoms with Gasteiger partial charge in [0.2, 0.25) is 0 Å². The summed E-state index contributed by atoms with van der Waals surface area (Å²) in [5.41, 5.74) is 1.98. The van der Waals surface area contributed by atoms with Gasteiger partial charge in [0.25, 0.3) is 0 Å². The van der Waals surface area contributed by atoms with E-state index < -0.39 is 0 Å². The van der Waals surface area contributed by atoms with E-state index in [1.165, 1.54) is 70.6 Å². The Morgan fingerprint density at radius 2 is 1.38 bits per heavy atom. The molecule has 1 N–H and O–H groups in total. The molecule has 0 unspecified atom stereocenters. The lowest BCUT2D eigenvalue weighted by atomic mass is 9.81. The lowest BCUT2D eigenvalue weighted by Gasteiger charge is -2.29. The first-order valence-corrected chi connectivity index (χ1v) is 9.50. The molecule has 0 amide bonds. The molecule has 0 radical (unpaired) electrons. The van der Waals surface area contributed by atoms with Gasteiger partial charge in [-0.3, -0.25) is 0 Å². The molecule has 0 aliphatic heterocycles. The molecule has 2 aliphatic rings. The van der Waals surface area contributed by atoms with E-state index in [9.17, 15) is 0 Å². The summed E-state index contributed by atoms with van der Waals surface area (Å²) in [5.74, 6) is 1.74. The summed E-state index contributed by atoms with van der Waals surface area (Å²) in [6.45, 7) is 7.98. The molecule has 0 atom stereocenters. The summed E-state index contributed by atoms with van der Waals surface area (Å²) < 4.78 is 0. The summed E-state index contributed by atoms with van der Waals surface area (Å²) in [6.07, 6.45) is 18.6. The maximum Gasteiger partial charge on any atom is 0.0172 e. The number of hydrogen-bond donors (Lipinski definition) is 1. The SMILES string of the molecule is CC(C)(C)NCC(=CC1CCCCCC1)C1CCCCC1. The van der Waals surface area contributed by atoms with Gasteiger partial charge in [0.05, 0.1) is 0 Å². The largest absolute Gasteiger partial charge is 0.308 e. The van der Waals surface area contributed by atoms with E-state index in [0.717, 1.165) is 18.4 Å². The van der Waals surface area contributed by atoms with E-state index in [0.29, 0.717) is 0 Å². The zero-order valence-corrected chi connectivity index (χ0v) is 14.7. The standard InChI is InChI=1S/C20H37N/c1-20(2,3)21-16-19(18-13-9-6-10-14-18)15-17-11-7-4-5-8-12-17/h15,17-18,21H,4-14,16H2,1-3H3. The van der Waals surface area contributed by atoms with Crippen LogP contribution in [0, 0.1) is 11.8 Å². The average molecular weight is 292 g/mol. The van der Waals surface area contributed by atoms with Crippen LogP contribution in [0.3, 0.4) is 0 Å². The van der Waals surface area contributed by atoms with Crippen LogP contribution in [-0.2, 0) is 0 Å². The Balaban J connectivity index is 2.01. The molecule has 1 heteroatoms. The van der Waals surface area contributed by atoms with E-state index in [4.69, 9.17) is 0 Å². The minimum Gasteiger partial charge on any atom is -0.308 e. The van der Waals surface area contributed by atoms with Crippen molar-refractivity contribution in [3.8, 4) is 0 Å². The van der Waals surface area contributed by atoms with Gasteiger partial charge in [-0.2, -0.15) is 0 Å². The van der Waals surface area contributed by atoms with Crippen molar-refractivity contribution < 1.29 is 0 Å².